The lowest BCUT2D eigenvalue weighted by molar-refractivity contribution is 0.747. The maximum absolute atomic E-state index is 8.74. The molecule has 0 fully saturated rings. The summed E-state index contributed by atoms with van der Waals surface area (Å²) in [5, 5.41) is 9.98. The standard InChI is InChI=1S/C10H8Cl3N/c11-5-7(6-14)3-8-4-9(12)1-2-10(8)13/h1-2,4,7H,3,5H2. The third-order valence-corrected chi connectivity index (χ3v) is 2.82. The van der Waals surface area contributed by atoms with Crippen molar-refractivity contribution in [2.45, 2.75) is 6.42 Å². The topological polar surface area (TPSA) is 23.8 Å². The minimum atomic E-state index is -0.215. The van der Waals surface area contributed by atoms with Crippen molar-refractivity contribution in [1.29, 1.82) is 5.26 Å². The van der Waals surface area contributed by atoms with Gasteiger partial charge in [0.1, 0.15) is 0 Å². The van der Waals surface area contributed by atoms with Gasteiger partial charge in [-0.3, -0.25) is 0 Å². The van der Waals surface area contributed by atoms with Crippen LogP contribution in [0.1, 0.15) is 5.56 Å². The molecule has 0 aliphatic rings. The molecule has 1 aromatic carbocycles. The lowest BCUT2D eigenvalue weighted by Gasteiger charge is -2.07. The zero-order valence-electron chi connectivity index (χ0n) is 7.30. The van der Waals surface area contributed by atoms with Gasteiger partial charge in [0.2, 0.25) is 0 Å². The highest BCUT2D eigenvalue weighted by molar-refractivity contribution is 6.33. The molecule has 1 unspecified atom stereocenters. The summed E-state index contributed by atoms with van der Waals surface area (Å²) < 4.78 is 0. The fourth-order valence-corrected chi connectivity index (χ4v) is 1.67. The van der Waals surface area contributed by atoms with E-state index in [0.29, 0.717) is 22.3 Å². The molecule has 0 saturated carbocycles. The summed E-state index contributed by atoms with van der Waals surface area (Å²) in [6, 6.07) is 7.32. The van der Waals surface area contributed by atoms with Gasteiger partial charge in [-0.2, -0.15) is 5.26 Å². The van der Waals surface area contributed by atoms with Gasteiger partial charge in [-0.05, 0) is 30.2 Å². The van der Waals surface area contributed by atoms with Crippen molar-refractivity contribution in [3.05, 3.63) is 33.8 Å². The molecule has 4 heteroatoms. The molecular weight excluding hydrogens is 240 g/mol. The lowest BCUT2D eigenvalue weighted by atomic mass is 10.0. The summed E-state index contributed by atoms with van der Waals surface area (Å²) in [7, 11) is 0. The molecule has 0 bridgehead atoms. The fourth-order valence-electron chi connectivity index (χ4n) is 1.10. The average molecular weight is 249 g/mol. The molecule has 0 radical (unpaired) electrons. The molecule has 0 spiro atoms. The molecule has 1 atom stereocenters. The van der Waals surface area contributed by atoms with Crippen LogP contribution >= 0.6 is 34.8 Å². The molecule has 1 rings (SSSR count). The fraction of sp³-hybridized carbons (Fsp3) is 0.300. The van der Waals surface area contributed by atoms with Crippen LogP contribution in [0.3, 0.4) is 0 Å². The van der Waals surface area contributed by atoms with E-state index in [-0.39, 0.29) is 5.92 Å². The van der Waals surface area contributed by atoms with Gasteiger partial charge in [0.15, 0.2) is 0 Å². The van der Waals surface area contributed by atoms with Crippen LogP contribution < -0.4 is 0 Å². The van der Waals surface area contributed by atoms with E-state index < -0.39 is 0 Å². The Bertz CT molecular complexity index is 357. The molecule has 0 heterocycles. The van der Waals surface area contributed by atoms with E-state index >= 15 is 0 Å². The Labute approximate surface area is 98.2 Å². The number of hydrogen-bond acceptors (Lipinski definition) is 1. The molecule has 0 aromatic heterocycles. The molecule has 14 heavy (non-hydrogen) atoms. The van der Waals surface area contributed by atoms with Crippen LogP contribution in [-0.2, 0) is 6.42 Å². The van der Waals surface area contributed by atoms with Crippen LogP contribution in [0.25, 0.3) is 0 Å². The molecule has 0 N–H and O–H groups in total. The van der Waals surface area contributed by atoms with Gasteiger partial charge in [-0.25, -0.2) is 0 Å². The van der Waals surface area contributed by atoms with Gasteiger partial charge in [-0.1, -0.05) is 23.2 Å². The van der Waals surface area contributed by atoms with E-state index in [1.165, 1.54) is 0 Å². The summed E-state index contributed by atoms with van der Waals surface area (Å²) >= 11 is 17.4. The summed E-state index contributed by atoms with van der Waals surface area (Å²) in [4.78, 5) is 0. The molecule has 0 amide bonds. The van der Waals surface area contributed by atoms with Crippen LogP contribution in [-0.4, -0.2) is 5.88 Å². The number of rotatable bonds is 3. The van der Waals surface area contributed by atoms with E-state index in [1.807, 2.05) is 0 Å². The molecule has 1 aromatic rings. The number of hydrogen-bond donors (Lipinski definition) is 0. The molecular formula is C10H8Cl3N. The van der Waals surface area contributed by atoms with Gasteiger partial charge in [0, 0.05) is 15.9 Å². The third-order valence-electron chi connectivity index (χ3n) is 1.84. The molecule has 74 valence electrons. The quantitative estimate of drug-likeness (QED) is 0.744. The van der Waals surface area contributed by atoms with Crippen molar-refractivity contribution < 1.29 is 0 Å². The predicted molar refractivity (Wildman–Crippen MR) is 60.0 cm³/mol. The molecule has 0 saturated heterocycles. The smallest absolute Gasteiger partial charge is 0.0671 e. The number of nitrogens with zero attached hydrogens (tertiary/aromatic N) is 1. The van der Waals surface area contributed by atoms with Crippen LogP contribution in [0.5, 0.6) is 0 Å². The Morgan fingerprint density at radius 2 is 2.07 bits per heavy atom. The zero-order valence-corrected chi connectivity index (χ0v) is 9.57. The van der Waals surface area contributed by atoms with Crippen LogP contribution in [0.2, 0.25) is 10.0 Å². The molecule has 0 aliphatic heterocycles. The Hall–Kier alpha value is -0.420. The summed E-state index contributed by atoms with van der Waals surface area (Å²) in [5.74, 6) is 0.0897. The molecule has 0 aliphatic carbocycles. The monoisotopic (exact) mass is 247 g/mol. The zero-order chi connectivity index (χ0) is 10.6. The number of halogens is 3. The van der Waals surface area contributed by atoms with E-state index in [0.717, 1.165) is 5.56 Å². The summed E-state index contributed by atoms with van der Waals surface area (Å²) in [5.41, 5.74) is 0.867. The highest BCUT2D eigenvalue weighted by Crippen LogP contribution is 2.23. The van der Waals surface area contributed by atoms with Crippen molar-refractivity contribution >= 4 is 34.8 Å². The maximum atomic E-state index is 8.74. The minimum Gasteiger partial charge on any atom is -0.198 e. The van der Waals surface area contributed by atoms with E-state index in [9.17, 15) is 0 Å². The second-order valence-corrected chi connectivity index (χ2v) is 4.07. The van der Waals surface area contributed by atoms with Crippen molar-refractivity contribution in [3.63, 3.8) is 0 Å². The van der Waals surface area contributed by atoms with Gasteiger partial charge in [-0.15, -0.1) is 11.6 Å². The largest absolute Gasteiger partial charge is 0.198 e. The second kappa shape index (κ2) is 5.46. The van der Waals surface area contributed by atoms with E-state index in [2.05, 4.69) is 6.07 Å². The number of nitriles is 1. The predicted octanol–water partition coefficient (Wildman–Crippen LogP) is 3.91. The number of benzene rings is 1. The first kappa shape index (κ1) is 11.7. The first-order valence-corrected chi connectivity index (χ1v) is 5.36. The molecule has 1 nitrogen and oxygen atoms in total. The highest BCUT2D eigenvalue weighted by Gasteiger charge is 2.10. The van der Waals surface area contributed by atoms with Crippen LogP contribution in [0.4, 0.5) is 0 Å². The number of alkyl halides is 1. The minimum absolute atomic E-state index is 0.215. The van der Waals surface area contributed by atoms with Crippen molar-refractivity contribution in [2.24, 2.45) is 5.92 Å². The summed E-state index contributed by atoms with van der Waals surface area (Å²) in [6.45, 7) is 0. The average Bonchev–Trinajstić information content (AvgIpc) is 2.19. The lowest BCUT2D eigenvalue weighted by Crippen LogP contribution is -2.03. The van der Waals surface area contributed by atoms with Gasteiger partial charge >= 0.3 is 0 Å². The van der Waals surface area contributed by atoms with E-state index in [1.54, 1.807) is 18.2 Å². The van der Waals surface area contributed by atoms with Crippen molar-refractivity contribution in [3.8, 4) is 6.07 Å². The maximum Gasteiger partial charge on any atom is 0.0671 e. The Morgan fingerprint density at radius 1 is 1.36 bits per heavy atom. The SMILES string of the molecule is N#CC(CCl)Cc1cc(Cl)ccc1Cl. The normalized spacial score (nSPS) is 12.1. The van der Waals surface area contributed by atoms with Crippen molar-refractivity contribution in [1.82, 2.24) is 0 Å². The van der Waals surface area contributed by atoms with Crippen LogP contribution in [0, 0.1) is 17.2 Å². The Balaban J connectivity index is 2.86. The third kappa shape index (κ3) is 3.06. The Morgan fingerprint density at radius 3 is 2.64 bits per heavy atom. The van der Waals surface area contributed by atoms with E-state index in [4.69, 9.17) is 40.1 Å². The van der Waals surface area contributed by atoms with Crippen molar-refractivity contribution in [2.75, 3.05) is 5.88 Å². The second-order valence-electron chi connectivity index (χ2n) is 2.92. The van der Waals surface area contributed by atoms with Gasteiger partial charge in [0.05, 0.1) is 12.0 Å². The first-order valence-electron chi connectivity index (χ1n) is 4.07. The highest BCUT2D eigenvalue weighted by atomic mass is 35.5. The summed E-state index contributed by atoms with van der Waals surface area (Å²) in [6.07, 6.45) is 0.541. The van der Waals surface area contributed by atoms with Crippen LogP contribution in [0.15, 0.2) is 18.2 Å². The van der Waals surface area contributed by atoms with Gasteiger partial charge in [0.25, 0.3) is 0 Å². The Kier molecular flexibility index (Phi) is 4.54. The van der Waals surface area contributed by atoms with Gasteiger partial charge < -0.3 is 0 Å². The first-order chi connectivity index (χ1) is 6.67.